The fourth-order valence-corrected chi connectivity index (χ4v) is 11.4. The van der Waals surface area contributed by atoms with Crippen LogP contribution in [0.1, 0.15) is 124 Å². The van der Waals surface area contributed by atoms with Gasteiger partial charge in [-0.05, 0) is 85.8 Å². The maximum Gasteiger partial charge on any atom is 1.00 e. The number of hydrogen-bond donors (Lipinski definition) is 4. The number of carbonyl (C=O) groups excluding carboxylic acids is 2. The minimum absolute atomic E-state index is 0. The molecule has 2 saturated heterocycles. The number of fused-ring (bicyclic) bond motifs is 5. The van der Waals surface area contributed by atoms with E-state index in [-0.39, 0.29) is 99.6 Å². The molecule has 5 N–H and O–H groups in total. The third-order valence-electron chi connectivity index (χ3n) is 12.7. The Morgan fingerprint density at radius 3 is 2.16 bits per heavy atom. The van der Waals surface area contributed by atoms with Gasteiger partial charge in [-0.25, -0.2) is 0 Å². The van der Waals surface area contributed by atoms with E-state index in [1.807, 2.05) is 42.1 Å². The SMILES string of the molecule is O=C(CCCCC1SCC2CC(=O)NC21)NCCCCCCC1c2ccc(O)cc2Oc2cc(O)ccc21.[Na+].[Na+].[O-]c1ccc2c(c1)Oc1c[c-]ccc1C2C1CCCC1.[OH-]. The first-order valence-electron chi connectivity index (χ1n) is 21.3. The van der Waals surface area contributed by atoms with E-state index in [0.29, 0.717) is 59.9 Å². The van der Waals surface area contributed by atoms with Crippen molar-refractivity contribution in [2.24, 2.45) is 11.8 Å². The van der Waals surface area contributed by atoms with Crippen LogP contribution in [-0.2, 0) is 9.59 Å². The van der Waals surface area contributed by atoms with E-state index in [2.05, 4.69) is 22.8 Å². The van der Waals surface area contributed by atoms with E-state index < -0.39 is 0 Å². The normalized spacial score (nSPS) is 20.5. The number of aromatic hydroxyl groups is 2. The molecule has 4 heterocycles. The Balaban J connectivity index is 0.000000259. The van der Waals surface area contributed by atoms with Gasteiger partial charge >= 0.3 is 59.1 Å². The molecule has 4 aromatic carbocycles. The van der Waals surface area contributed by atoms with Crippen LogP contribution in [0.25, 0.3) is 0 Å². The summed E-state index contributed by atoms with van der Waals surface area (Å²) < 4.78 is 11.9. The molecule has 1 saturated carbocycles. The van der Waals surface area contributed by atoms with Crippen molar-refractivity contribution < 1.29 is 99.0 Å². The third kappa shape index (κ3) is 12.0. The van der Waals surface area contributed by atoms with Gasteiger partial charge in [0.25, 0.3) is 0 Å². The van der Waals surface area contributed by atoms with Gasteiger partial charge < -0.3 is 40.9 Å². The van der Waals surface area contributed by atoms with Crippen molar-refractivity contribution in [2.75, 3.05) is 12.3 Å². The largest absolute Gasteiger partial charge is 1.00 e. The van der Waals surface area contributed by atoms with Gasteiger partial charge in [-0.15, -0.1) is 17.4 Å². The summed E-state index contributed by atoms with van der Waals surface area (Å²) in [5.41, 5.74) is 4.55. The van der Waals surface area contributed by atoms with Gasteiger partial charge in [0.15, 0.2) is 0 Å². The minimum atomic E-state index is 0. The molecule has 0 aromatic heterocycles. The Labute approximate surface area is 408 Å². The van der Waals surface area contributed by atoms with Gasteiger partial charge in [0, 0.05) is 65.6 Å². The quantitative estimate of drug-likeness (QED) is 0.0895. The first-order chi connectivity index (χ1) is 28.3. The Morgan fingerprint density at radius 2 is 1.43 bits per heavy atom. The summed E-state index contributed by atoms with van der Waals surface area (Å²) in [5.74, 6) is 6.35. The Bertz CT molecular complexity index is 2050. The zero-order valence-electron chi connectivity index (χ0n) is 35.5. The first kappa shape index (κ1) is 49.2. The smallest absolute Gasteiger partial charge is 0.872 e. The minimum Gasteiger partial charge on any atom is -0.872 e. The molecule has 61 heavy (non-hydrogen) atoms. The predicted molar refractivity (Wildman–Crippen MR) is 226 cm³/mol. The molecule has 10 nitrogen and oxygen atoms in total. The molecule has 3 fully saturated rings. The molecule has 4 atom stereocenters. The number of phenols is 2. The van der Waals surface area contributed by atoms with Gasteiger partial charge in [0.05, 0.1) is 0 Å². The zero-order valence-corrected chi connectivity index (χ0v) is 40.3. The van der Waals surface area contributed by atoms with Crippen molar-refractivity contribution in [1.29, 1.82) is 0 Å². The van der Waals surface area contributed by atoms with Crippen LogP contribution in [0.4, 0.5) is 0 Å². The van der Waals surface area contributed by atoms with E-state index >= 15 is 0 Å². The molecule has 13 heteroatoms. The number of thioether (sulfide) groups is 1. The van der Waals surface area contributed by atoms with Gasteiger partial charge in [-0.1, -0.05) is 62.8 Å². The first-order valence-corrected chi connectivity index (χ1v) is 22.4. The van der Waals surface area contributed by atoms with Gasteiger partial charge in [-0.2, -0.15) is 30.0 Å². The maximum absolute atomic E-state index is 12.2. The molecule has 4 aliphatic heterocycles. The van der Waals surface area contributed by atoms with Crippen LogP contribution in [0.3, 0.4) is 0 Å². The van der Waals surface area contributed by atoms with E-state index in [1.54, 1.807) is 36.4 Å². The average molecular weight is 866 g/mol. The fraction of sp³-hybridized carbons (Fsp3) is 0.458. The molecular formula is C48H55N2Na2O8S-. The van der Waals surface area contributed by atoms with Gasteiger partial charge in [-0.3, -0.25) is 9.59 Å². The maximum atomic E-state index is 12.2. The number of nitrogens with one attached hydrogen (secondary N) is 2. The van der Waals surface area contributed by atoms with Crippen molar-refractivity contribution in [3.05, 3.63) is 101 Å². The predicted octanol–water partition coefficient (Wildman–Crippen LogP) is 3.40. The third-order valence-corrected chi connectivity index (χ3v) is 14.2. The fourth-order valence-electron chi connectivity index (χ4n) is 9.79. The number of unbranched alkanes of at least 4 members (excludes halogenated alkanes) is 4. The van der Waals surface area contributed by atoms with Crippen LogP contribution in [0.5, 0.6) is 40.2 Å². The molecule has 2 amide bonds. The van der Waals surface area contributed by atoms with E-state index in [0.717, 1.165) is 79.7 Å². The molecule has 4 unspecified atom stereocenters. The van der Waals surface area contributed by atoms with Crippen molar-refractivity contribution in [1.82, 2.24) is 10.6 Å². The second-order valence-electron chi connectivity index (χ2n) is 16.6. The molecule has 4 aromatic rings. The Hall–Kier alpha value is -2.87. The van der Waals surface area contributed by atoms with Crippen LogP contribution < -0.4 is 84.3 Å². The van der Waals surface area contributed by atoms with Crippen LogP contribution in [-0.4, -0.2) is 51.1 Å². The molecular weight excluding hydrogens is 811 g/mol. The second kappa shape index (κ2) is 23.2. The summed E-state index contributed by atoms with van der Waals surface area (Å²) in [5, 5.41) is 38.1. The summed E-state index contributed by atoms with van der Waals surface area (Å²) in [6, 6.07) is 25.1. The summed E-state index contributed by atoms with van der Waals surface area (Å²) >= 11 is 1.98. The number of carbonyl (C=O) groups is 2. The molecule has 0 bridgehead atoms. The monoisotopic (exact) mass is 865 g/mol. The number of benzene rings is 4. The summed E-state index contributed by atoms with van der Waals surface area (Å²) in [4.78, 5) is 23.8. The van der Waals surface area contributed by atoms with Crippen molar-refractivity contribution >= 4 is 23.6 Å². The summed E-state index contributed by atoms with van der Waals surface area (Å²) in [7, 11) is 0. The topological polar surface area (TPSA) is 170 Å². The van der Waals surface area contributed by atoms with Crippen LogP contribution in [0, 0.1) is 17.9 Å². The van der Waals surface area contributed by atoms with Crippen molar-refractivity contribution in [3.63, 3.8) is 0 Å². The number of ether oxygens (including phenoxy) is 2. The van der Waals surface area contributed by atoms with Crippen LogP contribution in [0.15, 0.2) is 72.8 Å². The number of amides is 2. The zero-order chi connectivity index (χ0) is 40.0. The number of rotatable bonds is 13. The molecule has 0 spiro atoms. The average Bonchev–Trinajstić information content (AvgIpc) is 3.97. The van der Waals surface area contributed by atoms with Crippen molar-refractivity contribution in [2.45, 2.75) is 113 Å². The Morgan fingerprint density at radius 1 is 0.787 bits per heavy atom. The van der Waals surface area contributed by atoms with Crippen LogP contribution >= 0.6 is 11.8 Å². The molecule has 5 aliphatic rings. The van der Waals surface area contributed by atoms with E-state index in [1.165, 1.54) is 36.8 Å². The van der Waals surface area contributed by atoms with Crippen LogP contribution in [0.2, 0.25) is 0 Å². The summed E-state index contributed by atoms with van der Waals surface area (Å²) in [6.07, 6.45) is 14.5. The molecule has 1 aliphatic carbocycles. The van der Waals surface area contributed by atoms with E-state index in [9.17, 15) is 24.9 Å². The molecule has 0 radical (unpaired) electrons. The van der Waals surface area contributed by atoms with Gasteiger partial charge in [0.2, 0.25) is 11.8 Å². The standard InChI is InChI=1S/C30H38N2O5S.C18H17O2.2Na.H2O/c33-20-10-12-23-22(24-13-11-21(34)17-26(24)37-25(23)16-20)7-3-1-2-6-14-31-28(35)9-5-4-8-27-30-19(18-38-27)15-29(36)32-30;19-13-9-10-15-17(11-13)20-16-8-4-3-7-14(16)18(15)12-5-1-2-6-12;;;/h10-13,16-17,19,22,27,30,33-34H,1-9,14-15,18H2,(H,31,35)(H,32,36);3,7-12,18-19H,1-2,5-6H2;;;1H2/q;-1;2*+1;/p-2. The van der Waals surface area contributed by atoms with Gasteiger partial charge in [0.1, 0.15) is 28.7 Å². The molecule has 314 valence electrons. The molecule has 9 rings (SSSR count). The van der Waals surface area contributed by atoms with Crippen molar-refractivity contribution in [3.8, 4) is 40.2 Å². The summed E-state index contributed by atoms with van der Waals surface area (Å²) in [6.45, 7) is 0.717. The number of phenolic OH excluding ortho intramolecular Hbond substituents is 2. The Kier molecular flexibility index (Phi) is 18.7. The van der Waals surface area contributed by atoms with E-state index in [4.69, 9.17) is 9.47 Å². The number of hydrogen-bond acceptors (Lipinski definition) is 9. The second-order valence-corrected chi connectivity index (χ2v) is 17.9.